The molecule has 1 heterocycles. The van der Waals surface area contributed by atoms with Crippen molar-refractivity contribution in [3.63, 3.8) is 0 Å². The van der Waals surface area contributed by atoms with Gasteiger partial charge >= 0.3 is 0 Å². The Balaban J connectivity index is 2.09. The molecule has 25 heavy (non-hydrogen) atoms. The molecule has 5 nitrogen and oxygen atoms in total. The molecule has 1 N–H and O–H groups in total. The Labute approximate surface area is 152 Å². The van der Waals surface area contributed by atoms with Crippen LogP contribution in [0.15, 0.2) is 24.3 Å². The lowest BCUT2D eigenvalue weighted by atomic mass is 9.60. The maximum absolute atomic E-state index is 11.6. The molecule has 0 saturated carbocycles. The number of nitriles is 1. The van der Waals surface area contributed by atoms with Crippen molar-refractivity contribution < 1.29 is 8.42 Å². The average Bonchev–Trinajstić information content (AvgIpc) is 2.49. The van der Waals surface area contributed by atoms with E-state index in [9.17, 15) is 13.7 Å². The van der Waals surface area contributed by atoms with Crippen molar-refractivity contribution in [2.24, 2.45) is 10.8 Å². The topological polar surface area (TPSA) is 73.2 Å². The Morgan fingerprint density at radius 1 is 1.24 bits per heavy atom. The molecule has 0 atom stereocenters. The van der Waals surface area contributed by atoms with Crippen LogP contribution in [0.2, 0.25) is 0 Å². The van der Waals surface area contributed by atoms with Gasteiger partial charge in [-0.2, -0.15) is 5.26 Å². The van der Waals surface area contributed by atoms with Gasteiger partial charge in [0.15, 0.2) is 0 Å². The molecule has 0 unspecified atom stereocenters. The molecule has 1 aromatic carbocycles. The lowest BCUT2D eigenvalue weighted by molar-refractivity contribution is 0.00717. The third-order valence-corrected chi connectivity index (χ3v) is 6.12. The van der Waals surface area contributed by atoms with Crippen LogP contribution in [0, 0.1) is 22.2 Å². The first-order chi connectivity index (χ1) is 11.6. The van der Waals surface area contributed by atoms with Crippen LogP contribution in [0.3, 0.4) is 0 Å². The van der Waals surface area contributed by atoms with E-state index in [0.29, 0.717) is 18.7 Å². The minimum absolute atomic E-state index is 0.0583. The number of hydrogen-bond donors (Lipinski definition) is 1. The predicted molar refractivity (Wildman–Crippen MR) is 102 cm³/mol. The van der Waals surface area contributed by atoms with Crippen molar-refractivity contribution in [2.45, 2.75) is 46.6 Å². The number of sulfonamides is 1. The van der Waals surface area contributed by atoms with E-state index in [1.807, 2.05) is 18.2 Å². The third-order valence-electron chi connectivity index (χ3n) is 5.53. The summed E-state index contributed by atoms with van der Waals surface area (Å²) in [7, 11) is -3.29. The Bertz CT molecular complexity index is 737. The normalized spacial score (nSPS) is 18.5. The highest BCUT2D eigenvalue weighted by atomic mass is 32.2. The number of benzene rings is 1. The largest absolute Gasteiger partial charge is 0.299 e. The first kappa shape index (κ1) is 19.7. The van der Waals surface area contributed by atoms with Gasteiger partial charge in [-0.3, -0.25) is 9.62 Å². The summed E-state index contributed by atoms with van der Waals surface area (Å²) in [5.41, 5.74) is 1.79. The fourth-order valence-corrected chi connectivity index (χ4v) is 4.28. The molecule has 0 aliphatic carbocycles. The Kier molecular flexibility index (Phi) is 5.80. The van der Waals surface area contributed by atoms with E-state index in [2.05, 4.69) is 36.5 Å². The first-order valence-corrected chi connectivity index (χ1v) is 10.6. The van der Waals surface area contributed by atoms with Crippen LogP contribution in [0.25, 0.3) is 0 Å². The van der Waals surface area contributed by atoms with Gasteiger partial charge in [-0.15, -0.1) is 0 Å². The van der Waals surface area contributed by atoms with Crippen LogP contribution < -0.4 is 4.72 Å². The van der Waals surface area contributed by atoms with Crippen molar-refractivity contribution in [3.8, 4) is 6.07 Å². The smallest absolute Gasteiger partial charge is 0.229 e. The summed E-state index contributed by atoms with van der Waals surface area (Å²) in [4.78, 5) is 2.35. The highest BCUT2D eigenvalue weighted by Gasteiger charge is 2.43. The molecular formula is C19H29N3O2S. The molecule has 1 aliphatic heterocycles. The van der Waals surface area contributed by atoms with E-state index in [-0.39, 0.29) is 10.8 Å². The van der Waals surface area contributed by atoms with Gasteiger partial charge in [-0.25, -0.2) is 8.42 Å². The van der Waals surface area contributed by atoms with E-state index >= 15 is 0 Å². The maximum Gasteiger partial charge on any atom is 0.229 e. The molecule has 0 aromatic heterocycles. The number of likely N-dealkylation sites (tertiary alicyclic amines) is 1. The lowest BCUT2D eigenvalue weighted by Gasteiger charge is -2.49. The summed E-state index contributed by atoms with van der Waals surface area (Å²) >= 11 is 0. The van der Waals surface area contributed by atoms with E-state index in [0.717, 1.165) is 31.5 Å². The van der Waals surface area contributed by atoms with Gasteiger partial charge in [0.2, 0.25) is 10.0 Å². The first-order valence-electron chi connectivity index (χ1n) is 8.71. The number of hydrogen-bond acceptors (Lipinski definition) is 4. The second-order valence-corrected chi connectivity index (χ2v) is 9.92. The molecule has 2 rings (SSSR count). The minimum atomic E-state index is -3.29. The summed E-state index contributed by atoms with van der Waals surface area (Å²) in [6, 6.07) is 9.93. The fraction of sp³-hybridized carbons (Fsp3) is 0.632. The van der Waals surface area contributed by atoms with Crippen molar-refractivity contribution in [1.82, 2.24) is 4.90 Å². The molecule has 138 valence electrons. The van der Waals surface area contributed by atoms with Crippen LogP contribution in [0.5, 0.6) is 0 Å². The zero-order valence-electron chi connectivity index (χ0n) is 15.7. The van der Waals surface area contributed by atoms with E-state index < -0.39 is 10.0 Å². The zero-order valence-corrected chi connectivity index (χ0v) is 16.5. The molecular weight excluding hydrogens is 334 g/mol. The van der Waals surface area contributed by atoms with E-state index in [4.69, 9.17) is 0 Å². The highest BCUT2D eigenvalue weighted by Crippen LogP contribution is 2.49. The van der Waals surface area contributed by atoms with Crippen molar-refractivity contribution in [1.29, 1.82) is 5.26 Å². The van der Waals surface area contributed by atoms with Gasteiger partial charge in [0.1, 0.15) is 0 Å². The zero-order chi connectivity index (χ0) is 18.7. The molecule has 1 fully saturated rings. The molecule has 1 aliphatic rings. The van der Waals surface area contributed by atoms with Crippen molar-refractivity contribution in [2.75, 3.05) is 24.1 Å². The van der Waals surface area contributed by atoms with Gasteiger partial charge < -0.3 is 0 Å². The minimum Gasteiger partial charge on any atom is -0.299 e. The van der Waals surface area contributed by atoms with Gasteiger partial charge in [0, 0.05) is 13.0 Å². The molecule has 0 amide bonds. The van der Waals surface area contributed by atoms with Crippen LogP contribution >= 0.6 is 0 Å². The average molecular weight is 364 g/mol. The summed E-state index contributed by atoms with van der Waals surface area (Å²) < 4.78 is 25.7. The van der Waals surface area contributed by atoms with Gasteiger partial charge in [-0.1, -0.05) is 39.0 Å². The van der Waals surface area contributed by atoms with Crippen molar-refractivity contribution in [3.05, 3.63) is 29.8 Å². The number of piperidine rings is 1. The molecule has 0 spiro atoms. The van der Waals surface area contributed by atoms with Crippen LogP contribution in [0.1, 0.15) is 45.6 Å². The second kappa shape index (κ2) is 7.35. The fourth-order valence-electron chi connectivity index (χ4n) is 3.68. The number of nitrogens with zero attached hydrogens (tertiary/aromatic N) is 2. The number of rotatable bonds is 5. The van der Waals surface area contributed by atoms with Crippen LogP contribution in [-0.4, -0.2) is 32.7 Å². The number of para-hydroxylation sites is 1. The molecule has 1 aromatic rings. The molecule has 6 heteroatoms. The van der Waals surface area contributed by atoms with Crippen LogP contribution in [-0.2, 0) is 16.6 Å². The Hall–Kier alpha value is -1.58. The molecule has 0 radical (unpaired) electrons. The summed E-state index contributed by atoms with van der Waals surface area (Å²) in [6.07, 6.45) is 3.75. The summed E-state index contributed by atoms with van der Waals surface area (Å²) in [5, 5.41) is 9.26. The monoisotopic (exact) mass is 363 g/mol. The molecule has 0 bridgehead atoms. The SMILES string of the molecule is CC(C)(C)C1(CC#N)CCN(Cc2ccccc2NS(C)(=O)=O)CC1. The maximum atomic E-state index is 11.6. The molecule has 1 saturated heterocycles. The Morgan fingerprint density at radius 3 is 2.36 bits per heavy atom. The predicted octanol–water partition coefficient (Wildman–Crippen LogP) is 3.60. The van der Waals surface area contributed by atoms with Gasteiger partial charge in [0.25, 0.3) is 0 Å². The number of anilines is 1. The van der Waals surface area contributed by atoms with Crippen LogP contribution in [0.4, 0.5) is 5.69 Å². The third kappa shape index (κ3) is 4.96. The second-order valence-electron chi connectivity index (χ2n) is 8.17. The van der Waals surface area contributed by atoms with Gasteiger partial charge in [-0.05, 0) is 48.4 Å². The van der Waals surface area contributed by atoms with Gasteiger partial charge in [0.05, 0.1) is 18.0 Å². The number of nitrogens with one attached hydrogen (secondary N) is 1. The van der Waals surface area contributed by atoms with E-state index in [1.54, 1.807) is 6.07 Å². The lowest BCUT2D eigenvalue weighted by Crippen LogP contribution is -2.46. The summed E-state index contributed by atoms with van der Waals surface area (Å²) in [5.74, 6) is 0. The van der Waals surface area contributed by atoms with Crippen molar-refractivity contribution >= 4 is 15.7 Å². The standard InChI is InChI=1S/C19H29N3O2S/c1-18(2,3)19(9-12-20)10-13-22(14-11-19)15-16-7-5-6-8-17(16)21-25(4,23)24/h5-8,21H,9-11,13-15H2,1-4H3. The Morgan fingerprint density at radius 2 is 1.84 bits per heavy atom. The van der Waals surface area contributed by atoms with E-state index in [1.165, 1.54) is 6.26 Å². The summed E-state index contributed by atoms with van der Waals surface area (Å²) in [6.45, 7) is 9.24. The quantitative estimate of drug-likeness (QED) is 0.867. The highest BCUT2D eigenvalue weighted by molar-refractivity contribution is 7.92.